The Morgan fingerprint density at radius 3 is 2.96 bits per heavy atom. The lowest BCUT2D eigenvalue weighted by Crippen LogP contribution is -2.03. The Kier molecular flexibility index (Phi) is 4.23. The lowest BCUT2D eigenvalue weighted by Gasteiger charge is -2.03. The van der Waals surface area contributed by atoms with Crippen molar-refractivity contribution < 1.29 is 4.74 Å². The van der Waals surface area contributed by atoms with Gasteiger partial charge in [-0.05, 0) is 25.0 Å². The molecule has 2 aromatic heterocycles. The third kappa shape index (κ3) is 3.16. The molecule has 0 amide bonds. The van der Waals surface area contributed by atoms with Crippen molar-refractivity contribution in [3.8, 4) is 10.4 Å². The minimum absolute atomic E-state index is 0.387. The molecule has 3 aromatic rings. The van der Waals surface area contributed by atoms with E-state index < -0.39 is 0 Å². The highest BCUT2D eigenvalue weighted by Gasteiger charge is 2.14. The number of anilines is 1. The van der Waals surface area contributed by atoms with Gasteiger partial charge in [-0.3, -0.25) is 5.43 Å². The summed E-state index contributed by atoms with van der Waals surface area (Å²) in [5, 5.41) is 5.36. The smallest absolute Gasteiger partial charge is 0.158 e. The normalized spacial score (nSPS) is 17.8. The van der Waals surface area contributed by atoms with Gasteiger partial charge < -0.3 is 4.74 Å². The molecule has 1 fully saturated rings. The van der Waals surface area contributed by atoms with Gasteiger partial charge in [-0.15, -0.1) is 11.3 Å². The van der Waals surface area contributed by atoms with Gasteiger partial charge in [0.2, 0.25) is 0 Å². The quantitative estimate of drug-likeness (QED) is 0.575. The van der Waals surface area contributed by atoms with Gasteiger partial charge in [0, 0.05) is 23.6 Å². The molecular weight excluding hydrogens is 320 g/mol. The maximum Gasteiger partial charge on any atom is 0.158 e. The first-order valence-corrected chi connectivity index (χ1v) is 8.82. The largest absolute Gasteiger partial charge is 0.381 e. The van der Waals surface area contributed by atoms with Crippen LogP contribution in [0.2, 0.25) is 0 Å². The van der Waals surface area contributed by atoms with E-state index in [9.17, 15) is 0 Å². The zero-order valence-corrected chi connectivity index (χ0v) is 14.2. The number of hydrazone groups is 1. The van der Waals surface area contributed by atoms with Crippen molar-refractivity contribution in [2.45, 2.75) is 13.3 Å². The average molecular weight is 338 g/mol. The van der Waals surface area contributed by atoms with E-state index in [4.69, 9.17) is 4.74 Å². The zero-order chi connectivity index (χ0) is 16.4. The first-order valence-electron chi connectivity index (χ1n) is 8.00. The average Bonchev–Trinajstić information content (AvgIpc) is 3.25. The molecule has 1 unspecified atom stereocenters. The number of nitrogens with one attached hydrogen (secondary N) is 1. The summed E-state index contributed by atoms with van der Waals surface area (Å²) in [6.07, 6.45) is 2.95. The first kappa shape index (κ1) is 15.2. The number of hydrogen-bond donors (Lipinski definition) is 1. The van der Waals surface area contributed by atoms with E-state index in [1.165, 1.54) is 10.4 Å². The van der Waals surface area contributed by atoms with Crippen LogP contribution in [0.25, 0.3) is 20.7 Å². The topological polar surface area (TPSA) is 59.4 Å². The molecule has 1 N–H and O–H groups in total. The molecule has 0 bridgehead atoms. The number of thiophene rings is 1. The molecule has 0 spiro atoms. The van der Waals surface area contributed by atoms with E-state index in [1.807, 2.05) is 31.3 Å². The molecular formula is C18H18N4OS. The van der Waals surface area contributed by atoms with E-state index in [0.29, 0.717) is 5.92 Å². The molecule has 4 rings (SSSR count). The predicted molar refractivity (Wildman–Crippen MR) is 98.6 cm³/mol. The van der Waals surface area contributed by atoms with Gasteiger partial charge in [-0.25, -0.2) is 9.97 Å². The van der Waals surface area contributed by atoms with E-state index in [-0.39, 0.29) is 0 Å². The van der Waals surface area contributed by atoms with Crippen LogP contribution in [0, 0.1) is 12.8 Å². The van der Waals surface area contributed by atoms with Crippen molar-refractivity contribution in [3.63, 3.8) is 0 Å². The van der Waals surface area contributed by atoms with Crippen LogP contribution in [-0.2, 0) is 4.74 Å². The molecule has 1 saturated heterocycles. The maximum absolute atomic E-state index is 5.36. The van der Waals surface area contributed by atoms with Crippen molar-refractivity contribution in [2.24, 2.45) is 11.0 Å². The minimum atomic E-state index is 0.387. The first-order chi connectivity index (χ1) is 11.8. The Morgan fingerprint density at radius 2 is 2.17 bits per heavy atom. The highest BCUT2D eigenvalue weighted by molar-refractivity contribution is 7.21. The van der Waals surface area contributed by atoms with E-state index >= 15 is 0 Å². The van der Waals surface area contributed by atoms with Gasteiger partial charge in [0.1, 0.15) is 10.7 Å². The molecule has 0 radical (unpaired) electrons. The van der Waals surface area contributed by atoms with Gasteiger partial charge in [0.05, 0.1) is 12.0 Å². The SMILES string of the molecule is Cc1nc(NN=CC2CCOC2)c2cc(-c3ccccc3)sc2n1. The summed E-state index contributed by atoms with van der Waals surface area (Å²) in [7, 11) is 0. The van der Waals surface area contributed by atoms with Crippen molar-refractivity contribution in [1.29, 1.82) is 0 Å². The summed E-state index contributed by atoms with van der Waals surface area (Å²) in [5.74, 6) is 1.88. The Balaban J connectivity index is 1.65. The van der Waals surface area contributed by atoms with Crippen LogP contribution in [0.3, 0.4) is 0 Å². The lowest BCUT2D eigenvalue weighted by molar-refractivity contribution is 0.193. The van der Waals surface area contributed by atoms with Crippen LogP contribution in [0.1, 0.15) is 12.2 Å². The molecule has 0 saturated carbocycles. The molecule has 3 heterocycles. The van der Waals surface area contributed by atoms with Crippen molar-refractivity contribution in [1.82, 2.24) is 9.97 Å². The van der Waals surface area contributed by atoms with Crippen molar-refractivity contribution in [3.05, 3.63) is 42.2 Å². The Morgan fingerprint density at radius 1 is 1.29 bits per heavy atom. The Hall–Kier alpha value is -2.31. The van der Waals surface area contributed by atoms with Crippen LogP contribution in [0.15, 0.2) is 41.5 Å². The standard InChI is InChI=1S/C18H18N4OS/c1-12-20-17(22-19-10-13-7-8-23-11-13)15-9-16(24-18(15)21-12)14-5-3-2-4-6-14/h2-6,9-10,13H,7-8,11H2,1H3,(H,20,21,22). The monoisotopic (exact) mass is 338 g/mol. The third-order valence-corrected chi connectivity index (χ3v) is 5.06. The summed E-state index contributed by atoms with van der Waals surface area (Å²) < 4.78 is 5.36. The van der Waals surface area contributed by atoms with E-state index in [1.54, 1.807) is 11.3 Å². The molecule has 1 aromatic carbocycles. The maximum atomic E-state index is 5.36. The number of aromatic nitrogens is 2. The molecule has 0 aliphatic carbocycles. The van der Waals surface area contributed by atoms with Gasteiger partial charge >= 0.3 is 0 Å². The van der Waals surface area contributed by atoms with Gasteiger partial charge in [-0.1, -0.05) is 30.3 Å². The molecule has 1 aliphatic heterocycles. The molecule has 6 heteroatoms. The molecule has 122 valence electrons. The van der Waals surface area contributed by atoms with Crippen LogP contribution >= 0.6 is 11.3 Å². The molecule has 1 aliphatic rings. The summed E-state index contributed by atoms with van der Waals surface area (Å²) in [6, 6.07) is 12.5. The highest BCUT2D eigenvalue weighted by Crippen LogP contribution is 2.35. The van der Waals surface area contributed by atoms with Crippen molar-refractivity contribution in [2.75, 3.05) is 18.6 Å². The van der Waals surface area contributed by atoms with Crippen LogP contribution in [0.5, 0.6) is 0 Å². The van der Waals surface area contributed by atoms with E-state index in [0.717, 1.165) is 41.5 Å². The second kappa shape index (κ2) is 6.67. The molecule has 1 atom stereocenters. The third-order valence-electron chi connectivity index (χ3n) is 3.98. The van der Waals surface area contributed by atoms with E-state index in [2.05, 4.69) is 38.7 Å². The van der Waals surface area contributed by atoms with Gasteiger partial charge in [0.25, 0.3) is 0 Å². The summed E-state index contributed by atoms with van der Waals surface area (Å²) in [6.45, 7) is 3.47. The second-order valence-corrected chi connectivity index (χ2v) is 6.86. The lowest BCUT2D eigenvalue weighted by atomic mass is 10.1. The summed E-state index contributed by atoms with van der Waals surface area (Å²) in [4.78, 5) is 11.2. The van der Waals surface area contributed by atoms with Crippen LogP contribution in [-0.4, -0.2) is 29.4 Å². The minimum Gasteiger partial charge on any atom is -0.381 e. The fraction of sp³-hybridized carbons (Fsp3) is 0.278. The number of benzene rings is 1. The zero-order valence-electron chi connectivity index (χ0n) is 13.4. The van der Waals surface area contributed by atoms with Gasteiger partial charge in [0.15, 0.2) is 5.82 Å². The fourth-order valence-electron chi connectivity index (χ4n) is 2.73. The van der Waals surface area contributed by atoms with Crippen LogP contribution < -0.4 is 5.43 Å². The highest BCUT2D eigenvalue weighted by atomic mass is 32.1. The Bertz CT molecular complexity index is 869. The number of fused-ring (bicyclic) bond motifs is 1. The predicted octanol–water partition coefficient (Wildman–Crippen LogP) is 4.10. The number of nitrogens with zero attached hydrogens (tertiary/aromatic N) is 3. The number of aryl methyl sites for hydroxylation is 1. The summed E-state index contributed by atoms with van der Waals surface area (Å²) >= 11 is 1.67. The van der Waals surface area contributed by atoms with Crippen LogP contribution in [0.4, 0.5) is 5.82 Å². The van der Waals surface area contributed by atoms with Crippen molar-refractivity contribution >= 4 is 33.6 Å². The number of ether oxygens (including phenoxy) is 1. The number of rotatable bonds is 4. The second-order valence-electron chi connectivity index (χ2n) is 5.83. The number of hydrogen-bond acceptors (Lipinski definition) is 6. The molecule has 24 heavy (non-hydrogen) atoms. The van der Waals surface area contributed by atoms with Gasteiger partial charge in [-0.2, -0.15) is 5.10 Å². The summed E-state index contributed by atoms with van der Waals surface area (Å²) in [5.41, 5.74) is 4.28. The molecule has 5 nitrogen and oxygen atoms in total. The Labute approximate surface area is 144 Å². The fourth-order valence-corrected chi connectivity index (χ4v) is 3.81.